The highest BCUT2D eigenvalue weighted by Gasteiger charge is 2.24. The molecular formula is C37H53O2P. The smallest absolute Gasteiger partial charge is 0.126 e. The lowest BCUT2D eigenvalue weighted by Gasteiger charge is -2.24. The SMILES string of the molecule is CCCCc1cc(CCCC)c(O)c(-c2c(C)c(P)c(C)c(-c3cc(CCCC)cc(CCCC)c3O)c2C)c1. The normalized spacial score (nSPS) is 11.4. The van der Waals surface area contributed by atoms with E-state index in [4.69, 9.17) is 0 Å². The van der Waals surface area contributed by atoms with Crippen LogP contribution >= 0.6 is 9.24 Å². The lowest BCUT2D eigenvalue weighted by molar-refractivity contribution is 0.468. The van der Waals surface area contributed by atoms with Crippen LogP contribution < -0.4 is 5.30 Å². The van der Waals surface area contributed by atoms with Crippen molar-refractivity contribution in [3.63, 3.8) is 0 Å². The second-order valence-electron chi connectivity index (χ2n) is 11.8. The van der Waals surface area contributed by atoms with E-state index in [1.54, 1.807) is 0 Å². The minimum Gasteiger partial charge on any atom is -0.507 e. The molecule has 0 saturated carbocycles. The summed E-state index contributed by atoms with van der Waals surface area (Å²) in [6.45, 7) is 15.4. The Hall–Kier alpha value is -2.31. The summed E-state index contributed by atoms with van der Waals surface area (Å²) in [5.41, 5.74) is 12.3. The molecule has 0 heterocycles. The summed E-state index contributed by atoms with van der Waals surface area (Å²) >= 11 is 0. The molecule has 0 fully saturated rings. The minimum atomic E-state index is 0.420. The Balaban J connectivity index is 2.35. The summed E-state index contributed by atoms with van der Waals surface area (Å²) in [7, 11) is 2.97. The van der Waals surface area contributed by atoms with Gasteiger partial charge in [0.05, 0.1) is 0 Å². The van der Waals surface area contributed by atoms with Gasteiger partial charge in [-0.05, 0) is 140 Å². The number of aromatic hydroxyl groups is 2. The first-order valence-corrected chi connectivity index (χ1v) is 16.4. The van der Waals surface area contributed by atoms with Crippen LogP contribution in [0.5, 0.6) is 11.5 Å². The molecule has 40 heavy (non-hydrogen) atoms. The van der Waals surface area contributed by atoms with Crippen LogP contribution in [0.4, 0.5) is 0 Å². The molecule has 3 heteroatoms. The van der Waals surface area contributed by atoms with Gasteiger partial charge in [0.2, 0.25) is 0 Å². The van der Waals surface area contributed by atoms with E-state index in [2.05, 4.69) is 82.0 Å². The average molecular weight is 561 g/mol. The summed E-state index contributed by atoms with van der Waals surface area (Å²) in [6, 6.07) is 8.91. The molecule has 3 rings (SSSR count). The van der Waals surface area contributed by atoms with Crippen LogP contribution in [0.2, 0.25) is 0 Å². The maximum absolute atomic E-state index is 11.7. The molecule has 3 aromatic rings. The molecular weight excluding hydrogens is 507 g/mol. The lowest BCUT2D eigenvalue weighted by Crippen LogP contribution is -2.10. The number of rotatable bonds is 14. The van der Waals surface area contributed by atoms with Gasteiger partial charge in [-0.2, -0.15) is 0 Å². The fraction of sp³-hybridized carbons (Fsp3) is 0.514. The van der Waals surface area contributed by atoms with E-state index in [9.17, 15) is 10.2 Å². The third-order valence-corrected chi connectivity index (χ3v) is 9.45. The van der Waals surface area contributed by atoms with Gasteiger partial charge in [-0.1, -0.05) is 65.5 Å². The van der Waals surface area contributed by atoms with Crippen molar-refractivity contribution in [2.24, 2.45) is 0 Å². The average Bonchev–Trinajstić information content (AvgIpc) is 2.94. The Morgan fingerprint density at radius 3 is 1.23 bits per heavy atom. The van der Waals surface area contributed by atoms with E-state index in [0.29, 0.717) is 11.5 Å². The third-order valence-electron chi connectivity index (χ3n) is 8.58. The van der Waals surface area contributed by atoms with Gasteiger partial charge in [0.15, 0.2) is 0 Å². The van der Waals surface area contributed by atoms with Crippen molar-refractivity contribution >= 4 is 14.5 Å². The lowest BCUT2D eigenvalue weighted by atomic mass is 9.83. The fourth-order valence-electron chi connectivity index (χ4n) is 6.11. The Kier molecular flexibility index (Phi) is 12.1. The number of benzene rings is 3. The molecule has 1 unspecified atom stereocenters. The van der Waals surface area contributed by atoms with Crippen molar-refractivity contribution in [3.8, 4) is 33.8 Å². The van der Waals surface area contributed by atoms with E-state index in [1.165, 1.54) is 22.3 Å². The largest absolute Gasteiger partial charge is 0.507 e. The molecule has 0 spiro atoms. The molecule has 3 aromatic carbocycles. The number of unbranched alkanes of at least 4 members (excludes halogenated alkanes) is 4. The molecule has 0 amide bonds. The van der Waals surface area contributed by atoms with Crippen LogP contribution in [0.15, 0.2) is 24.3 Å². The van der Waals surface area contributed by atoms with Gasteiger partial charge in [-0.25, -0.2) is 0 Å². The number of phenolic OH excluding ortho intramolecular Hbond substituents is 2. The standard InChI is InChI=1S/C37H53O2P/c1-8-12-16-27-20-29(18-14-10-3)35(38)31(22-27)33-24(5)34(26(7)37(40)25(33)6)32-23-28(17-13-9-2)21-30(36(32)39)19-15-11-4/h20-23,38-39H,8-19,40H2,1-7H3. The summed E-state index contributed by atoms with van der Waals surface area (Å²) in [5.74, 6) is 0.840. The zero-order chi connectivity index (χ0) is 29.4. The van der Waals surface area contributed by atoms with Gasteiger partial charge in [-0.15, -0.1) is 9.24 Å². The van der Waals surface area contributed by atoms with Gasteiger partial charge in [0, 0.05) is 11.1 Å². The van der Waals surface area contributed by atoms with Gasteiger partial charge >= 0.3 is 0 Å². The third kappa shape index (κ3) is 7.12. The molecule has 0 saturated heterocycles. The summed E-state index contributed by atoms with van der Waals surface area (Å²) in [5, 5.41) is 24.5. The van der Waals surface area contributed by atoms with E-state index >= 15 is 0 Å². The molecule has 218 valence electrons. The van der Waals surface area contributed by atoms with E-state index < -0.39 is 0 Å². The second kappa shape index (κ2) is 15.1. The minimum absolute atomic E-state index is 0.420. The van der Waals surface area contributed by atoms with Crippen LogP contribution in [0.25, 0.3) is 22.3 Å². The van der Waals surface area contributed by atoms with Crippen molar-refractivity contribution in [3.05, 3.63) is 63.2 Å². The van der Waals surface area contributed by atoms with Crippen LogP contribution in [0, 0.1) is 20.8 Å². The zero-order valence-electron chi connectivity index (χ0n) is 26.3. The van der Waals surface area contributed by atoms with Gasteiger partial charge < -0.3 is 10.2 Å². The monoisotopic (exact) mass is 560 g/mol. The van der Waals surface area contributed by atoms with Crippen LogP contribution in [0.3, 0.4) is 0 Å². The first-order valence-electron chi connectivity index (χ1n) is 15.8. The second-order valence-corrected chi connectivity index (χ2v) is 12.3. The molecule has 0 aliphatic heterocycles. The van der Waals surface area contributed by atoms with E-state index in [-0.39, 0.29) is 0 Å². The first-order chi connectivity index (χ1) is 19.2. The number of hydrogen-bond acceptors (Lipinski definition) is 2. The summed E-state index contributed by atoms with van der Waals surface area (Å²) in [4.78, 5) is 0. The molecule has 1 atom stereocenters. The fourth-order valence-corrected chi connectivity index (χ4v) is 6.40. The Labute approximate surface area is 246 Å². The number of phenols is 2. The first kappa shape index (κ1) is 32.2. The quantitative estimate of drug-likeness (QED) is 0.193. The molecule has 2 nitrogen and oxygen atoms in total. The van der Waals surface area contributed by atoms with Crippen LogP contribution in [0.1, 0.15) is 118 Å². The predicted octanol–water partition coefficient (Wildman–Crippen LogP) is 10.2. The summed E-state index contributed by atoms with van der Waals surface area (Å²) < 4.78 is 0. The predicted molar refractivity (Wildman–Crippen MR) is 179 cm³/mol. The summed E-state index contributed by atoms with van der Waals surface area (Å²) in [6.07, 6.45) is 12.7. The Morgan fingerprint density at radius 2 is 0.875 bits per heavy atom. The zero-order valence-corrected chi connectivity index (χ0v) is 27.4. The van der Waals surface area contributed by atoms with Crippen molar-refractivity contribution in [1.29, 1.82) is 0 Å². The van der Waals surface area contributed by atoms with Crippen molar-refractivity contribution < 1.29 is 10.2 Å². The molecule has 0 aliphatic rings. The Bertz CT molecular complexity index is 1210. The van der Waals surface area contributed by atoms with Crippen molar-refractivity contribution in [2.75, 3.05) is 0 Å². The molecule has 2 N–H and O–H groups in total. The highest BCUT2D eigenvalue weighted by atomic mass is 31.0. The van der Waals surface area contributed by atoms with E-state index in [1.807, 2.05) is 0 Å². The molecule has 0 bridgehead atoms. The molecule has 0 aliphatic carbocycles. The highest BCUT2D eigenvalue weighted by Crippen LogP contribution is 2.45. The van der Waals surface area contributed by atoms with Crippen LogP contribution in [-0.4, -0.2) is 10.2 Å². The number of hydrogen-bond donors (Lipinski definition) is 2. The van der Waals surface area contributed by atoms with Gasteiger partial charge in [0.1, 0.15) is 11.5 Å². The maximum atomic E-state index is 11.7. The Morgan fingerprint density at radius 1 is 0.525 bits per heavy atom. The van der Waals surface area contributed by atoms with Crippen molar-refractivity contribution in [1.82, 2.24) is 0 Å². The topological polar surface area (TPSA) is 40.5 Å². The van der Waals surface area contributed by atoms with Crippen molar-refractivity contribution in [2.45, 2.75) is 126 Å². The van der Waals surface area contributed by atoms with E-state index in [0.717, 1.165) is 121 Å². The van der Waals surface area contributed by atoms with Crippen LogP contribution in [-0.2, 0) is 25.7 Å². The molecule has 0 radical (unpaired) electrons. The van der Waals surface area contributed by atoms with Gasteiger partial charge in [0.25, 0.3) is 0 Å². The maximum Gasteiger partial charge on any atom is 0.126 e. The van der Waals surface area contributed by atoms with Gasteiger partial charge in [-0.3, -0.25) is 0 Å². The highest BCUT2D eigenvalue weighted by molar-refractivity contribution is 7.27. The molecule has 0 aromatic heterocycles. The number of aryl methyl sites for hydroxylation is 4.